The Kier molecular flexibility index (Phi) is 2.95. The highest BCUT2D eigenvalue weighted by molar-refractivity contribution is 7.22. The summed E-state index contributed by atoms with van der Waals surface area (Å²) in [7, 11) is 0. The SMILES string of the molecule is N#C[C@H]1CCCN(c2nc3c(F)c[n+]([O-])cc3s2)C1. The number of anilines is 1. The van der Waals surface area contributed by atoms with Crippen molar-refractivity contribution in [1.29, 1.82) is 5.26 Å². The number of thiazole rings is 1. The molecule has 19 heavy (non-hydrogen) atoms. The maximum Gasteiger partial charge on any atom is 0.218 e. The van der Waals surface area contributed by atoms with E-state index in [1.165, 1.54) is 17.5 Å². The normalized spacial score (nSPS) is 19.6. The van der Waals surface area contributed by atoms with E-state index in [0.717, 1.165) is 25.6 Å². The molecule has 3 rings (SSSR count). The van der Waals surface area contributed by atoms with E-state index in [4.69, 9.17) is 5.26 Å². The Balaban J connectivity index is 1.97. The molecule has 1 aliphatic rings. The van der Waals surface area contributed by atoms with E-state index >= 15 is 0 Å². The third kappa shape index (κ3) is 2.19. The zero-order chi connectivity index (χ0) is 13.4. The smallest absolute Gasteiger partial charge is 0.218 e. The number of pyridine rings is 1. The second-order valence-corrected chi connectivity index (χ2v) is 5.60. The van der Waals surface area contributed by atoms with Crippen molar-refractivity contribution in [2.24, 2.45) is 5.92 Å². The van der Waals surface area contributed by atoms with Crippen LogP contribution in [0, 0.1) is 28.3 Å². The van der Waals surface area contributed by atoms with Gasteiger partial charge in [0.2, 0.25) is 12.0 Å². The first kappa shape index (κ1) is 12.1. The van der Waals surface area contributed by atoms with Crippen LogP contribution < -0.4 is 9.63 Å². The number of nitrogens with zero attached hydrogens (tertiary/aromatic N) is 4. The number of rotatable bonds is 1. The average Bonchev–Trinajstić information content (AvgIpc) is 2.83. The lowest BCUT2D eigenvalue weighted by Gasteiger charge is -2.28. The molecule has 0 saturated carbocycles. The van der Waals surface area contributed by atoms with Gasteiger partial charge in [-0.15, -0.1) is 0 Å². The Labute approximate surface area is 113 Å². The van der Waals surface area contributed by atoms with Gasteiger partial charge in [0.25, 0.3) is 0 Å². The van der Waals surface area contributed by atoms with Gasteiger partial charge < -0.3 is 10.1 Å². The van der Waals surface area contributed by atoms with Crippen LogP contribution in [0.3, 0.4) is 0 Å². The van der Waals surface area contributed by atoms with Gasteiger partial charge in [0.1, 0.15) is 10.2 Å². The van der Waals surface area contributed by atoms with Gasteiger partial charge in [-0.25, -0.2) is 4.98 Å². The summed E-state index contributed by atoms with van der Waals surface area (Å²) in [6, 6.07) is 2.26. The largest absolute Gasteiger partial charge is 0.619 e. The Morgan fingerprint density at radius 3 is 3.21 bits per heavy atom. The summed E-state index contributed by atoms with van der Waals surface area (Å²) in [5.41, 5.74) is 0.228. The third-order valence-corrected chi connectivity index (χ3v) is 4.28. The molecule has 98 valence electrons. The Morgan fingerprint density at radius 1 is 1.58 bits per heavy atom. The first-order chi connectivity index (χ1) is 9.17. The minimum atomic E-state index is -0.608. The van der Waals surface area contributed by atoms with Gasteiger partial charge in [0.05, 0.1) is 12.0 Å². The Morgan fingerprint density at radius 2 is 2.42 bits per heavy atom. The van der Waals surface area contributed by atoms with Crippen molar-refractivity contribution >= 4 is 26.7 Å². The molecule has 0 unspecified atom stereocenters. The summed E-state index contributed by atoms with van der Waals surface area (Å²) in [5, 5.41) is 20.8. The summed E-state index contributed by atoms with van der Waals surface area (Å²) in [5.74, 6) is -0.612. The lowest BCUT2D eigenvalue weighted by atomic mass is 10.0. The van der Waals surface area contributed by atoms with Crippen molar-refractivity contribution in [1.82, 2.24) is 4.98 Å². The molecular formula is C12H11FN4OS. The fraction of sp³-hybridized carbons (Fsp3) is 0.417. The number of piperidine rings is 1. The molecule has 1 aliphatic heterocycles. The van der Waals surface area contributed by atoms with Gasteiger partial charge in [0.15, 0.2) is 11.3 Å². The van der Waals surface area contributed by atoms with E-state index in [1.54, 1.807) is 0 Å². The zero-order valence-electron chi connectivity index (χ0n) is 10.0. The van der Waals surface area contributed by atoms with Crippen molar-refractivity contribution in [3.05, 3.63) is 23.4 Å². The fourth-order valence-corrected chi connectivity index (χ4v) is 3.32. The third-order valence-electron chi connectivity index (χ3n) is 3.23. The van der Waals surface area contributed by atoms with Crippen LogP contribution in [0.4, 0.5) is 9.52 Å². The molecule has 2 aromatic heterocycles. The van der Waals surface area contributed by atoms with Crippen LogP contribution >= 0.6 is 11.3 Å². The number of aromatic nitrogens is 2. The quantitative estimate of drug-likeness (QED) is 0.589. The Bertz CT molecular complexity index is 666. The summed E-state index contributed by atoms with van der Waals surface area (Å²) in [4.78, 5) is 6.25. The van der Waals surface area contributed by atoms with Crippen molar-refractivity contribution in [3.63, 3.8) is 0 Å². The molecule has 0 radical (unpaired) electrons. The number of nitriles is 1. The van der Waals surface area contributed by atoms with Crippen LogP contribution in [0.1, 0.15) is 12.8 Å². The van der Waals surface area contributed by atoms with E-state index in [1.807, 2.05) is 4.90 Å². The summed E-state index contributed by atoms with van der Waals surface area (Å²) < 4.78 is 14.6. The monoisotopic (exact) mass is 278 g/mol. The highest BCUT2D eigenvalue weighted by Gasteiger charge is 2.23. The molecule has 0 aliphatic carbocycles. The van der Waals surface area contributed by atoms with Gasteiger partial charge in [-0.2, -0.15) is 14.4 Å². The topological polar surface area (TPSA) is 66.9 Å². The predicted octanol–water partition coefficient (Wildman–Crippen LogP) is 1.81. The molecule has 0 spiro atoms. The zero-order valence-corrected chi connectivity index (χ0v) is 10.9. The minimum absolute atomic E-state index is 0.00458. The molecule has 5 nitrogen and oxygen atoms in total. The first-order valence-electron chi connectivity index (χ1n) is 6.01. The number of halogens is 1. The predicted molar refractivity (Wildman–Crippen MR) is 69.1 cm³/mol. The van der Waals surface area contributed by atoms with Crippen molar-refractivity contribution in [3.8, 4) is 6.07 Å². The highest BCUT2D eigenvalue weighted by Crippen LogP contribution is 2.31. The van der Waals surface area contributed by atoms with Gasteiger partial charge >= 0.3 is 0 Å². The van der Waals surface area contributed by atoms with Crippen LogP contribution in [-0.2, 0) is 0 Å². The molecule has 0 bridgehead atoms. The van der Waals surface area contributed by atoms with E-state index < -0.39 is 5.82 Å². The van der Waals surface area contributed by atoms with Crippen molar-refractivity contribution < 1.29 is 9.12 Å². The molecule has 1 fully saturated rings. The van der Waals surface area contributed by atoms with Crippen LogP contribution in [0.5, 0.6) is 0 Å². The van der Waals surface area contributed by atoms with E-state index in [0.29, 0.717) is 21.1 Å². The number of hydrogen-bond acceptors (Lipinski definition) is 5. The summed E-state index contributed by atoms with van der Waals surface area (Å²) in [6.45, 7) is 1.44. The molecule has 2 aromatic rings. The average molecular weight is 278 g/mol. The van der Waals surface area contributed by atoms with E-state index in [9.17, 15) is 9.60 Å². The second kappa shape index (κ2) is 4.63. The molecule has 1 atom stereocenters. The molecule has 7 heteroatoms. The molecular weight excluding hydrogens is 267 g/mol. The van der Waals surface area contributed by atoms with Crippen molar-refractivity contribution in [2.45, 2.75) is 12.8 Å². The van der Waals surface area contributed by atoms with Gasteiger partial charge in [-0.3, -0.25) is 0 Å². The standard InChI is InChI=1S/C12H11FN4OS/c13-9-6-17(18)7-10-11(9)15-12(19-10)16-3-1-2-8(4-14)5-16/h6-8H,1-3,5H2/t8-/m1/s1. The van der Waals surface area contributed by atoms with Crippen molar-refractivity contribution in [2.75, 3.05) is 18.0 Å². The second-order valence-electron chi connectivity index (χ2n) is 4.59. The highest BCUT2D eigenvalue weighted by atomic mass is 32.1. The maximum absolute atomic E-state index is 13.6. The number of hydrogen-bond donors (Lipinski definition) is 0. The maximum atomic E-state index is 13.6. The first-order valence-corrected chi connectivity index (χ1v) is 6.82. The fourth-order valence-electron chi connectivity index (χ4n) is 2.30. The minimum Gasteiger partial charge on any atom is -0.619 e. The van der Waals surface area contributed by atoms with Gasteiger partial charge in [-0.1, -0.05) is 11.3 Å². The lowest BCUT2D eigenvalue weighted by molar-refractivity contribution is -0.605. The number of fused-ring (bicyclic) bond motifs is 1. The molecule has 3 heterocycles. The Hall–Kier alpha value is -1.94. The molecule has 1 saturated heterocycles. The molecule has 0 N–H and O–H groups in total. The molecule has 0 aromatic carbocycles. The summed E-state index contributed by atoms with van der Waals surface area (Å²) in [6.07, 6.45) is 4.02. The molecule has 0 amide bonds. The van der Waals surface area contributed by atoms with Crippen LogP contribution in [0.15, 0.2) is 12.4 Å². The van der Waals surface area contributed by atoms with Crippen LogP contribution in [-0.4, -0.2) is 18.1 Å². The lowest BCUT2D eigenvalue weighted by Crippen LogP contribution is -2.34. The summed E-state index contributed by atoms with van der Waals surface area (Å²) >= 11 is 1.29. The van der Waals surface area contributed by atoms with E-state index in [2.05, 4.69) is 11.1 Å². The van der Waals surface area contributed by atoms with E-state index in [-0.39, 0.29) is 11.4 Å². The van der Waals surface area contributed by atoms with Gasteiger partial charge in [-0.05, 0) is 12.8 Å². The van der Waals surface area contributed by atoms with Crippen LogP contribution in [0.2, 0.25) is 0 Å². The van der Waals surface area contributed by atoms with Gasteiger partial charge in [0, 0.05) is 13.1 Å². The van der Waals surface area contributed by atoms with Crippen LogP contribution in [0.25, 0.3) is 10.2 Å².